The molecule has 0 aliphatic carbocycles. The van der Waals surface area contributed by atoms with E-state index in [9.17, 15) is 5.11 Å². The zero-order chi connectivity index (χ0) is 17.2. The first-order valence-corrected chi connectivity index (χ1v) is 8.04. The van der Waals surface area contributed by atoms with E-state index in [0.717, 1.165) is 22.7 Å². The number of azo groups is 1. The van der Waals surface area contributed by atoms with Crippen molar-refractivity contribution in [1.82, 2.24) is 10.7 Å². The SMILES string of the molecule is CC(C)(C)NCC(O)COc1ccccc1C1=C2NN=C2CN=N1. The van der Waals surface area contributed by atoms with Crippen LogP contribution in [-0.4, -0.2) is 42.2 Å². The quantitative estimate of drug-likeness (QED) is 0.743. The molecule has 1 atom stereocenters. The predicted octanol–water partition coefficient (Wildman–Crippen LogP) is 1.91. The Bertz CT molecular complexity index is 703. The standard InChI is InChI=1S/C17H23N5O2/c1-17(2,3)18-8-11(23)10-24-14-7-5-4-6-12(14)15-16-13(20-22-16)9-19-21-15/h4-7,11,18,22-23H,8-10H2,1-3H3. The van der Waals surface area contributed by atoms with E-state index in [-0.39, 0.29) is 12.1 Å². The van der Waals surface area contributed by atoms with Crippen LogP contribution in [0.5, 0.6) is 5.75 Å². The second-order valence-electron chi connectivity index (χ2n) is 6.89. The van der Waals surface area contributed by atoms with E-state index >= 15 is 0 Å². The van der Waals surface area contributed by atoms with Crippen LogP contribution in [0.4, 0.5) is 0 Å². The van der Waals surface area contributed by atoms with E-state index < -0.39 is 6.10 Å². The number of nitrogens with zero attached hydrogens (tertiary/aromatic N) is 3. The lowest BCUT2D eigenvalue weighted by Crippen LogP contribution is -2.42. The van der Waals surface area contributed by atoms with E-state index in [1.54, 1.807) is 0 Å². The molecule has 0 bridgehead atoms. The molecule has 0 aromatic heterocycles. The first kappa shape index (κ1) is 16.6. The molecule has 2 aliphatic heterocycles. The summed E-state index contributed by atoms with van der Waals surface area (Å²) in [5, 5.41) is 25.8. The summed E-state index contributed by atoms with van der Waals surface area (Å²) in [5.41, 5.74) is 6.25. The van der Waals surface area contributed by atoms with Crippen LogP contribution in [0, 0.1) is 0 Å². The number of hydrogen-bond donors (Lipinski definition) is 3. The predicted molar refractivity (Wildman–Crippen MR) is 92.9 cm³/mol. The van der Waals surface area contributed by atoms with Crippen molar-refractivity contribution in [2.75, 3.05) is 19.7 Å². The fourth-order valence-corrected chi connectivity index (χ4v) is 2.36. The third kappa shape index (κ3) is 3.80. The average molecular weight is 329 g/mol. The van der Waals surface area contributed by atoms with Crippen LogP contribution in [0.1, 0.15) is 26.3 Å². The Balaban J connectivity index is 1.69. The minimum atomic E-state index is -0.595. The van der Waals surface area contributed by atoms with E-state index in [1.165, 1.54) is 0 Å². The van der Waals surface area contributed by atoms with Gasteiger partial charge in [-0.25, -0.2) is 0 Å². The molecule has 1 aromatic rings. The zero-order valence-electron chi connectivity index (χ0n) is 14.2. The van der Waals surface area contributed by atoms with Gasteiger partial charge in [0.1, 0.15) is 42.1 Å². The van der Waals surface area contributed by atoms with Crippen molar-refractivity contribution in [3.05, 3.63) is 35.5 Å². The lowest BCUT2D eigenvalue weighted by molar-refractivity contribution is 0.0999. The number of hydrogen-bond acceptors (Lipinski definition) is 7. The van der Waals surface area contributed by atoms with Crippen LogP contribution < -0.4 is 15.5 Å². The highest BCUT2D eigenvalue weighted by molar-refractivity contribution is 6.11. The molecule has 1 unspecified atom stereocenters. The van der Waals surface area contributed by atoms with Crippen LogP contribution in [0.3, 0.4) is 0 Å². The normalized spacial score (nSPS) is 17.6. The Morgan fingerprint density at radius 3 is 2.83 bits per heavy atom. The molecule has 0 saturated carbocycles. The van der Waals surface area contributed by atoms with Gasteiger partial charge >= 0.3 is 0 Å². The van der Waals surface area contributed by atoms with Gasteiger partial charge in [0.25, 0.3) is 0 Å². The van der Waals surface area contributed by atoms with Gasteiger partial charge in [-0.05, 0) is 32.9 Å². The number of rotatable bonds is 6. The van der Waals surface area contributed by atoms with E-state index in [1.807, 2.05) is 24.3 Å². The summed E-state index contributed by atoms with van der Waals surface area (Å²) in [7, 11) is 0. The fraction of sp³-hybridized carbons (Fsp3) is 0.471. The molecule has 1 aromatic carbocycles. The maximum atomic E-state index is 10.1. The molecule has 0 saturated heterocycles. The highest BCUT2D eigenvalue weighted by Crippen LogP contribution is 2.32. The minimum Gasteiger partial charge on any atom is -0.490 e. The minimum absolute atomic E-state index is 0.0422. The van der Waals surface area contributed by atoms with Crippen LogP contribution in [0.2, 0.25) is 0 Å². The average Bonchev–Trinajstić information content (AvgIpc) is 2.51. The first-order chi connectivity index (χ1) is 11.4. The number of para-hydroxylation sites is 1. The van der Waals surface area contributed by atoms with E-state index in [2.05, 4.69) is 46.8 Å². The lowest BCUT2D eigenvalue weighted by atomic mass is 10.1. The molecule has 3 rings (SSSR count). The smallest absolute Gasteiger partial charge is 0.128 e. The molecular formula is C17H23N5O2. The Hall–Kier alpha value is -2.25. The van der Waals surface area contributed by atoms with E-state index in [4.69, 9.17) is 4.74 Å². The number of benzene rings is 1. The van der Waals surface area contributed by atoms with Gasteiger partial charge in [0.05, 0.1) is 0 Å². The number of aliphatic hydroxyl groups is 1. The summed E-state index contributed by atoms with van der Waals surface area (Å²) < 4.78 is 5.83. The summed E-state index contributed by atoms with van der Waals surface area (Å²) in [6.07, 6.45) is -0.595. The Morgan fingerprint density at radius 1 is 1.33 bits per heavy atom. The molecule has 0 amide bonds. The van der Waals surface area contributed by atoms with Crippen LogP contribution in [0.25, 0.3) is 5.70 Å². The van der Waals surface area contributed by atoms with Crippen LogP contribution >= 0.6 is 0 Å². The van der Waals surface area contributed by atoms with Gasteiger partial charge in [0, 0.05) is 17.6 Å². The largest absolute Gasteiger partial charge is 0.490 e. The highest BCUT2D eigenvalue weighted by atomic mass is 16.5. The van der Waals surface area contributed by atoms with E-state index in [0.29, 0.717) is 18.8 Å². The molecule has 0 fully saturated rings. The summed E-state index contributed by atoms with van der Waals surface area (Å²) in [5.74, 6) is 0.670. The zero-order valence-corrected chi connectivity index (χ0v) is 14.2. The van der Waals surface area contributed by atoms with Crippen molar-refractivity contribution < 1.29 is 9.84 Å². The van der Waals surface area contributed by atoms with Crippen LogP contribution in [0.15, 0.2) is 45.3 Å². The number of nitrogens with one attached hydrogen (secondary N) is 2. The molecule has 7 nitrogen and oxygen atoms in total. The third-order valence-electron chi connectivity index (χ3n) is 3.66. The van der Waals surface area contributed by atoms with Gasteiger partial charge in [-0.15, -0.1) is 0 Å². The molecular weight excluding hydrogens is 306 g/mol. The number of hydrazone groups is 1. The topological polar surface area (TPSA) is 90.6 Å². The number of fused-ring (bicyclic) bond motifs is 1. The molecule has 3 N–H and O–H groups in total. The molecule has 2 heterocycles. The highest BCUT2D eigenvalue weighted by Gasteiger charge is 2.26. The second-order valence-corrected chi connectivity index (χ2v) is 6.89. The van der Waals surface area contributed by atoms with Crippen molar-refractivity contribution in [2.24, 2.45) is 15.3 Å². The maximum Gasteiger partial charge on any atom is 0.128 e. The van der Waals surface area contributed by atoms with Crippen molar-refractivity contribution in [1.29, 1.82) is 0 Å². The number of ether oxygens (including phenoxy) is 1. The molecule has 7 heteroatoms. The summed E-state index contributed by atoms with van der Waals surface area (Å²) in [6.45, 7) is 7.35. The molecule has 0 radical (unpaired) electrons. The van der Waals surface area contributed by atoms with Crippen molar-refractivity contribution in [3.8, 4) is 5.75 Å². The third-order valence-corrected chi connectivity index (χ3v) is 3.66. The Labute approximate surface area is 141 Å². The molecule has 2 aliphatic rings. The first-order valence-electron chi connectivity index (χ1n) is 8.04. The second kappa shape index (κ2) is 6.70. The van der Waals surface area contributed by atoms with Crippen molar-refractivity contribution in [2.45, 2.75) is 32.4 Å². The summed E-state index contributed by atoms with van der Waals surface area (Å²) in [4.78, 5) is 0. The van der Waals surface area contributed by atoms with Crippen molar-refractivity contribution in [3.63, 3.8) is 0 Å². The monoisotopic (exact) mass is 329 g/mol. The summed E-state index contributed by atoms with van der Waals surface area (Å²) in [6, 6.07) is 7.62. The fourth-order valence-electron chi connectivity index (χ4n) is 2.36. The lowest BCUT2D eigenvalue weighted by Gasteiger charge is -2.24. The van der Waals surface area contributed by atoms with Crippen LogP contribution in [-0.2, 0) is 0 Å². The van der Waals surface area contributed by atoms with Gasteiger partial charge in [-0.1, -0.05) is 12.1 Å². The molecule has 128 valence electrons. The molecule has 24 heavy (non-hydrogen) atoms. The Morgan fingerprint density at radius 2 is 2.12 bits per heavy atom. The van der Waals surface area contributed by atoms with Gasteiger partial charge in [0.15, 0.2) is 0 Å². The maximum absolute atomic E-state index is 10.1. The van der Waals surface area contributed by atoms with Crippen molar-refractivity contribution >= 4 is 11.4 Å². The van der Waals surface area contributed by atoms with Gasteiger partial charge in [0.2, 0.25) is 0 Å². The molecule has 0 spiro atoms. The van der Waals surface area contributed by atoms with Gasteiger partial charge in [-0.2, -0.15) is 15.3 Å². The van der Waals surface area contributed by atoms with Gasteiger partial charge < -0.3 is 15.2 Å². The number of aliphatic hydroxyl groups excluding tert-OH is 1. The van der Waals surface area contributed by atoms with Gasteiger partial charge in [-0.3, -0.25) is 5.43 Å². The number of β-amino-alcohol motifs (C(OH)–C–C–N with tert-alkyl or cyclic N) is 1. The Kier molecular flexibility index (Phi) is 4.64. The summed E-state index contributed by atoms with van der Waals surface area (Å²) >= 11 is 0.